The number of halogens is 1. The quantitative estimate of drug-likeness (QED) is 0.800. The van der Waals surface area contributed by atoms with Gasteiger partial charge in [0.15, 0.2) is 0 Å². The molecule has 0 aliphatic rings. The van der Waals surface area contributed by atoms with E-state index >= 15 is 0 Å². The Morgan fingerprint density at radius 3 is 2.44 bits per heavy atom. The summed E-state index contributed by atoms with van der Waals surface area (Å²) in [6.07, 6.45) is 0. The van der Waals surface area contributed by atoms with Gasteiger partial charge in [-0.25, -0.2) is 4.39 Å². The summed E-state index contributed by atoms with van der Waals surface area (Å²) in [5, 5.41) is 0. The standard InChI is InChI=1S/C13H21FN2/c1-13(2,3)9-16(4)8-10-11(14)6-5-7-12(10)15/h5-7H,8-9,15H2,1-4H3. The molecule has 3 heteroatoms. The molecule has 0 fully saturated rings. The highest BCUT2D eigenvalue weighted by atomic mass is 19.1. The van der Waals surface area contributed by atoms with E-state index in [4.69, 9.17) is 5.73 Å². The summed E-state index contributed by atoms with van der Waals surface area (Å²) in [6, 6.07) is 4.83. The van der Waals surface area contributed by atoms with E-state index in [0.717, 1.165) is 6.54 Å². The van der Waals surface area contributed by atoms with Crippen molar-refractivity contribution in [1.29, 1.82) is 0 Å². The summed E-state index contributed by atoms with van der Waals surface area (Å²) in [6.45, 7) is 7.94. The minimum absolute atomic E-state index is 0.203. The van der Waals surface area contributed by atoms with Crippen molar-refractivity contribution < 1.29 is 4.39 Å². The number of anilines is 1. The van der Waals surface area contributed by atoms with Crippen LogP contribution in [0.1, 0.15) is 26.3 Å². The van der Waals surface area contributed by atoms with Crippen LogP contribution in [0.15, 0.2) is 18.2 Å². The fourth-order valence-electron chi connectivity index (χ4n) is 1.88. The lowest BCUT2D eigenvalue weighted by Crippen LogP contribution is -2.29. The van der Waals surface area contributed by atoms with E-state index in [1.54, 1.807) is 12.1 Å². The van der Waals surface area contributed by atoms with Gasteiger partial charge in [0.2, 0.25) is 0 Å². The minimum Gasteiger partial charge on any atom is -0.398 e. The molecule has 0 amide bonds. The van der Waals surface area contributed by atoms with Crippen LogP contribution in [-0.2, 0) is 6.54 Å². The van der Waals surface area contributed by atoms with Crippen LogP contribution in [0.25, 0.3) is 0 Å². The topological polar surface area (TPSA) is 29.3 Å². The molecular weight excluding hydrogens is 203 g/mol. The second kappa shape index (κ2) is 4.83. The van der Waals surface area contributed by atoms with Crippen molar-refractivity contribution in [3.05, 3.63) is 29.6 Å². The molecule has 0 saturated heterocycles. The van der Waals surface area contributed by atoms with Crippen molar-refractivity contribution in [3.63, 3.8) is 0 Å². The molecule has 0 atom stereocenters. The highest BCUT2D eigenvalue weighted by Crippen LogP contribution is 2.20. The van der Waals surface area contributed by atoms with Crippen LogP contribution in [0, 0.1) is 11.2 Å². The molecule has 0 aliphatic heterocycles. The van der Waals surface area contributed by atoms with Crippen LogP contribution in [0.2, 0.25) is 0 Å². The molecule has 0 saturated carbocycles. The summed E-state index contributed by atoms with van der Waals surface area (Å²) in [4.78, 5) is 2.09. The number of benzene rings is 1. The minimum atomic E-state index is -0.222. The maximum atomic E-state index is 13.5. The third-order valence-corrected chi connectivity index (χ3v) is 2.33. The highest BCUT2D eigenvalue weighted by molar-refractivity contribution is 5.47. The second-order valence-corrected chi connectivity index (χ2v) is 5.54. The Morgan fingerprint density at radius 2 is 1.94 bits per heavy atom. The Bertz CT molecular complexity index is 335. The van der Waals surface area contributed by atoms with Crippen LogP contribution in [0.3, 0.4) is 0 Å². The zero-order valence-corrected chi connectivity index (χ0v) is 10.5. The molecule has 1 aromatic rings. The number of rotatable bonds is 3. The van der Waals surface area contributed by atoms with Gasteiger partial charge in [-0.05, 0) is 24.6 Å². The average molecular weight is 224 g/mol. The molecule has 0 spiro atoms. The molecule has 0 radical (unpaired) electrons. The van der Waals surface area contributed by atoms with Gasteiger partial charge in [-0.15, -0.1) is 0 Å². The van der Waals surface area contributed by atoms with Crippen molar-refractivity contribution in [2.24, 2.45) is 5.41 Å². The van der Waals surface area contributed by atoms with Gasteiger partial charge in [0.05, 0.1) is 0 Å². The third-order valence-electron chi connectivity index (χ3n) is 2.33. The molecule has 1 aromatic carbocycles. The second-order valence-electron chi connectivity index (χ2n) is 5.54. The first-order valence-electron chi connectivity index (χ1n) is 5.51. The zero-order valence-electron chi connectivity index (χ0n) is 10.5. The number of nitrogen functional groups attached to an aromatic ring is 1. The van der Waals surface area contributed by atoms with Gasteiger partial charge < -0.3 is 10.6 Å². The van der Waals surface area contributed by atoms with E-state index < -0.39 is 0 Å². The van der Waals surface area contributed by atoms with Crippen LogP contribution < -0.4 is 5.73 Å². The van der Waals surface area contributed by atoms with E-state index in [9.17, 15) is 4.39 Å². The molecule has 0 heterocycles. The first-order chi connectivity index (χ1) is 7.29. The average Bonchev–Trinajstić information content (AvgIpc) is 2.08. The van der Waals surface area contributed by atoms with Crippen molar-refractivity contribution in [3.8, 4) is 0 Å². The predicted octanol–water partition coefficient (Wildman–Crippen LogP) is 2.89. The Kier molecular flexibility index (Phi) is 3.92. The SMILES string of the molecule is CN(Cc1c(N)cccc1F)CC(C)(C)C. The van der Waals surface area contributed by atoms with Gasteiger partial charge in [-0.2, -0.15) is 0 Å². The maximum Gasteiger partial charge on any atom is 0.129 e. The van der Waals surface area contributed by atoms with E-state index in [1.807, 2.05) is 7.05 Å². The summed E-state index contributed by atoms with van der Waals surface area (Å²) in [7, 11) is 1.98. The van der Waals surface area contributed by atoms with E-state index in [-0.39, 0.29) is 11.2 Å². The van der Waals surface area contributed by atoms with E-state index in [0.29, 0.717) is 17.8 Å². The summed E-state index contributed by atoms with van der Waals surface area (Å²) >= 11 is 0. The van der Waals surface area contributed by atoms with Crippen molar-refractivity contribution in [2.45, 2.75) is 27.3 Å². The molecule has 2 nitrogen and oxygen atoms in total. The Hall–Kier alpha value is -1.09. The molecular formula is C13H21FN2. The Morgan fingerprint density at radius 1 is 1.31 bits per heavy atom. The molecule has 0 aliphatic carbocycles. The third kappa shape index (κ3) is 3.81. The number of nitrogens with zero attached hydrogens (tertiary/aromatic N) is 1. The van der Waals surface area contributed by atoms with Crippen LogP contribution in [-0.4, -0.2) is 18.5 Å². The van der Waals surface area contributed by atoms with Crippen LogP contribution in [0.5, 0.6) is 0 Å². The van der Waals surface area contributed by atoms with Crippen molar-refractivity contribution in [1.82, 2.24) is 4.90 Å². The van der Waals surface area contributed by atoms with Gasteiger partial charge in [0.1, 0.15) is 5.82 Å². The first kappa shape index (κ1) is 13.0. The van der Waals surface area contributed by atoms with E-state index in [2.05, 4.69) is 25.7 Å². The number of hydrogen-bond donors (Lipinski definition) is 1. The normalized spacial score (nSPS) is 12.1. The van der Waals surface area contributed by atoms with Gasteiger partial charge in [-0.1, -0.05) is 26.8 Å². The molecule has 0 unspecified atom stereocenters. The van der Waals surface area contributed by atoms with Crippen LogP contribution >= 0.6 is 0 Å². The lowest BCUT2D eigenvalue weighted by Gasteiger charge is -2.27. The predicted molar refractivity (Wildman–Crippen MR) is 66.6 cm³/mol. The maximum absolute atomic E-state index is 13.5. The fourth-order valence-corrected chi connectivity index (χ4v) is 1.88. The number of nitrogens with two attached hydrogens (primary N) is 1. The molecule has 0 aromatic heterocycles. The molecule has 90 valence electrons. The smallest absolute Gasteiger partial charge is 0.129 e. The highest BCUT2D eigenvalue weighted by Gasteiger charge is 2.15. The molecule has 1 rings (SSSR count). The summed E-state index contributed by atoms with van der Waals surface area (Å²) in [5.74, 6) is -0.222. The molecule has 0 bridgehead atoms. The van der Waals surface area contributed by atoms with Gasteiger partial charge in [0, 0.05) is 24.3 Å². The van der Waals surface area contributed by atoms with Crippen molar-refractivity contribution >= 4 is 5.69 Å². The van der Waals surface area contributed by atoms with Gasteiger partial charge in [-0.3, -0.25) is 0 Å². The van der Waals surface area contributed by atoms with Crippen LogP contribution in [0.4, 0.5) is 10.1 Å². The monoisotopic (exact) mass is 224 g/mol. The largest absolute Gasteiger partial charge is 0.398 e. The summed E-state index contributed by atoms with van der Waals surface area (Å²) < 4.78 is 13.5. The molecule has 16 heavy (non-hydrogen) atoms. The Balaban J connectivity index is 2.73. The zero-order chi connectivity index (χ0) is 12.3. The van der Waals surface area contributed by atoms with E-state index in [1.165, 1.54) is 6.07 Å². The lowest BCUT2D eigenvalue weighted by molar-refractivity contribution is 0.219. The van der Waals surface area contributed by atoms with Gasteiger partial charge in [0.25, 0.3) is 0 Å². The fraction of sp³-hybridized carbons (Fsp3) is 0.538. The lowest BCUT2D eigenvalue weighted by atomic mass is 9.96. The number of hydrogen-bond acceptors (Lipinski definition) is 2. The van der Waals surface area contributed by atoms with Crippen molar-refractivity contribution in [2.75, 3.05) is 19.3 Å². The van der Waals surface area contributed by atoms with Gasteiger partial charge >= 0.3 is 0 Å². The summed E-state index contributed by atoms with van der Waals surface area (Å²) in [5.41, 5.74) is 7.09. The molecule has 2 N–H and O–H groups in total. The Labute approximate surface area is 97.3 Å². The first-order valence-corrected chi connectivity index (χ1v) is 5.51.